The first-order valence-corrected chi connectivity index (χ1v) is 7.15. The van der Waals surface area contributed by atoms with Crippen LogP contribution < -0.4 is 10.5 Å². The molecule has 0 amide bonds. The van der Waals surface area contributed by atoms with Crippen LogP contribution in [0.1, 0.15) is 24.1 Å². The monoisotopic (exact) mass is 350 g/mol. The Balaban J connectivity index is 2.37. The molecule has 2 aromatic rings. The first-order valence-electron chi connectivity index (χ1n) is 6.36. The fraction of sp³-hybridized carbons (Fsp3) is 0.200. The average molecular weight is 351 g/mol. The maximum Gasteiger partial charge on any atom is 0.311 e. The highest BCUT2D eigenvalue weighted by Gasteiger charge is 2.17. The second kappa shape index (κ2) is 6.24. The lowest BCUT2D eigenvalue weighted by Crippen LogP contribution is -2.04. The third-order valence-corrected chi connectivity index (χ3v) is 3.63. The zero-order valence-electron chi connectivity index (χ0n) is 11.7. The number of rotatable bonds is 4. The molecule has 1 atom stereocenters. The highest BCUT2D eigenvalue weighted by molar-refractivity contribution is 9.10. The number of nitrogens with two attached hydrogens (primary N) is 1. The van der Waals surface area contributed by atoms with E-state index in [9.17, 15) is 10.1 Å². The summed E-state index contributed by atoms with van der Waals surface area (Å²) in [6, 6.07) is 10.2. The summed E-state index contributed by atoms with van der Waals surface area (Å²) < 4.78 is 6.36. The summed E-state index contributed by atoms with van der Waals surface area (Å²) in [6.45, 7) is 3.68. The van der Waals surface area contributed by atoms with Crippen LogP contribution in [0.15, 0.2) is 40.9 Å². The van der Waals surface area contributed by atoms with Gasteiger partial charge >= 0.3 is 5.69 Å². The smallest absolute Gasteiger partial charge is 0.311 e. The van der Waals surface area contributed by atoms with Gasteiger partial charge in [-0.25, -0.2) is 0 Å². The maximum atomic E-state index is 11.1. The van der Waals surface area contributed by atoms with E-state index in [1.807, 2.05) is 19.1 Å². The van der Waals surface area contributed by atoms with Gasteiger partial charge in [0.25, 0.3) is 0 Å². The number of aryl methyl sites for hydroxylation is 1. The molecule has 21 heavy (non-hydrogen) atoms. The molecule has 2 N–H and O–H groups in total. The fourth-order valence-corrected chi connectivity index (χ4v) is 2.34. The topological polar surface area (TPSA) is 78.4 Å². The molecule has 0 spiro atoms. The standard InChI is InChI=1S/C15H15BrN2O3/c1-9-3-5-15(13(7-9)18(19)20)21-14-6-4-11(10(2)17)8-12(14)16/h3-8,10H,17H2,1-2H3/t10-/m0/s1. The van der Waals surface area contributed by atoms with Crippen LogP contribution in [0.3, 0.4) is 0 Å². The van der Waals surface area contributed by atoms with Crippen molar-refractivity contribution in [2.24, 2.45) is 5.73 Å². The Kier molecular flexibility index (Phi) is 4.59. The molecule has 0 fully saturated rings. The number of hydrogen-bond donors (Lipinski definition) is 1. The summed E-state index contributed by atoms with van der Waals surface area (Å²) in [4.78, 5) is 10.6. The van der Waals surface area contributed by atoms with Crippen molar-refractivity contribution in [3.05, 3.63) is 62.1 Å². The SMILES string of the molecule is Cc1ccc(Oc2ccc([C@H](C)N)cc2Br)c([N+](=O)[O-])c1. The van der Waals surface area contributed by atoms with Crippen molar-refractivity contribution in [3.8, 4) is 11.5 Å². The van der Waals surface area contributed by atoms with Gasteiger partial charge in [0.05, 0.1) is 9.40 Å². The lowest BCUT2D eigenvalue weighted by Gasteiger charge is -2.11. The number of ether oxygens (including phenoxy) is 1. The Morgan fingerprint density at radius 1 is 1.24 bits per heavy atom. The summed E-state index contributed by atoms with van der Waals surface area (Å²) >= 11 is 3.40. The van der Waals surface area contributed by atoms with Gasteiger partial charge in [-0.3, -0.25) is 10.1 Å². The van der Waals surface area contributed by atoms with Crippen LogP contribution in [0.25, 0.3) is 0 Å². The molecule has 0 radical (unpaired) electrons. The summed E-state index contributed by atoms with van der Waals surface area (Å²) in [7, 11) is 0. The molecule has 0 aliphatic carbocycles. The Labute approximate surface area is 131 Å². The first-order chi connectivity index (χ1) is 9.88. The van der Waals surface area contributed by atoms with Gasteiger partial charge < -0.3 is 10.5 Å². The highest BCUT2D eigenvalue weighted by Crippen LogP contribution is 2.36. The Morgan fingerprint density at radius 2 is 1.90 bits per heavy atom. The van der Waals surface area contributed by atoms with E-state index in [-0.39, 0.29) is 17.5 Å². The molecular formula is C15H15BrN2O3. The normalized spacial score (nSPS) is 12.0. The number of hydrogen-bond acceptors (Lipinski definition) is 4. The highest BCUT2D eigenvalue weighted by atomic mass is 79.9. The predicted octanol–water partition coefficient (Wildman–Crippen LogP) is 4.48. The van der Waals surface area contributed by atoms with E-state index in [0.29, 0.717) is 10.2 Å². The fourth-order valence-electron chi connectivity index (χ4n) is 1.86. The van der Waals surface area contributed by atoms with E-state index in [4.69, 9.17) is 10.5 Å². The van der Waals surface area contributed by atoms with Gasteiger partial charge in [-0.05, 0) is 59.1 Å². The molecule has 0 bridgehead atoms. The minimum absolute atomic E-state index is 0.0573. The molecule has 5 nitrogen and oxygen atoms in total. The molecule has 2 rings (SSSR count). The molecule has 0 saturated heterocycles. The van der Waals surface area contributed by atoms with Gasteiger partial charge in [0, 0.05) is 12.1 Å². The van der Waals surface area contributed by atoms with Gasteiger partial charge in [-0.1, -0.05) is 12.1 Å². The van der Waals surface area contributed by atoms with Crippen LogP contribution in [0, 0.1) is 17.0 Å². The van der Waals surface area contributed by atoms with Gasteiger partial charge in [0.15, 0.2) is 0 Å². The number of halogens is 1. The van der Waals surface area contributed by atoms with Crippen LogP contribution >= 0.6 is 15.9 Å². The number of nitro benzene ring substituents is 1. The van der Waals surface area contributed by atoms with E-state index < -0.39 is 4.92 Å². The van der Waals surface area contributed by atoms with Crippen molar-refractivity contribution in [2.45, 2.75) is 19.9 Å². The molecule has 0 aliphatic rings. The molecular weight excluding hydrogens is 336 g/mol. The first kappa shape index (κ1) is 15.5. The van der Waals surface area contributed by atoms with E-state index in [0.717, 1.165) is 11.1 Å². The van der Waals surface area contributed by atoms with Crippen molar-refractivity contribution >= 4 is 21.6 Å². The van der Waals surface area contributed by atoms with Crippen molar-refractivity contribution in [1.29, 1.82) is 0 Å². The summed E-state index contributed by atoms with van der Waals surface area (Å²) in [6.07, 6.45) is 0. The van der Waals surface area contributed by atoms with E-state index >= 15 is 0 Å². The summed E-state index contributed by atoms with van der Waals surface area (Å²) in [5.41, 5.74) is 7.51. The zero-order valence-corrected chi connectivity index (χ0v) is 13.3. The van der Waals surface area contributed by atoms with E-state index in [1.54, 1.807) is 25.1 Å². The largest absolute Gasteiger partial charge is 0.449 e. The van der Waals surface area contributed by atoms with Gasteiger partial charge in [0.2, 0.25) is 5.75 Å². The van der Waals surface area contributed by atoms with Crippen molar-refractivity contribution in [1.82, 2.24) is 0 Å². The number of nitro groups is 1. The Bertz CT molecular complexity index is 687. The third kappa shape index (κ3) is 3.59. The zero-order chi connectivity index (χ0) is 15.6. The van der Waals surface area contributed by atoms with Crippen molar-refractivity contribution < 1.29 is 9.66 Å². The lowest BCUT2D eigenvalue weighted by atomic mass is 10.1. The molecule has 110 valence electrons. The molecule has 0 heterocycles. The van der Waals surface area contributed by atoms with Gasteiger partial charge in [-0.15, -0.1) is 0 Å². The van der Waals surface area contributed by atoms with Crippen LogP contribution in [0.5, 0.6) is 11.5 Å². The molecule has 0 saturated carbocycles. The van der Waals surface area contributed by atoms with Crippen LogP contribution in [0.4, 0.5) is 5.69 Å². The quantitative estimate of drug-likeness (QED) is 0.651. The maximum absolute atomic E-state index is 11.1. The van der Waals surface area contributed by atoms with E-state index in [1.165, 1.54) is 6.07 Å². The molecule has 2 aromatic carbocycles. The minimum atomic E-state index is -0.452. The van der Waals surface area contributed by atoms with Crippen LogP contribution in [0.2, 0.25) is 0 Å². The van der Waals surface area contributed by atoms with Crippen molar-refractivity contribution in [3.63, 3.8) is 0 Å². The van der Waals surface area contributed by atoms with Crippen LogP contribution in [-0.2, 0) is 0 Å². The van der Waals surface area contributed by atoms with Crippen LogP contribution in [-0.4, -0.2) is 4.92 Å². The minimum Gasteiger partial charge on any atom is -0.449 e. The molecule has 0 aliphatic heterocycles. The summed E-state index contributed by atoms with van der Waals surface area (Å²) in [5.74, 6) is 0.714. The molecule has 6 heteroatoms. The lowest BCUT2D eigenvalue weighted by molar-refractivity contribution is -0.385. The van der Waals surface area contributed by atoms with Gasteiger partial charge in [0.1, 0.15) is 5.75 Å². The Morgan fingerprint density at radius 3 is 2.48 bits per heavy atom. The summed E-state index contributed by atoms with van der Waals surface area (Å²) in [5, 5.41) is 11.1. The molecule has 0 unspecified atom stereocenters. The average Bonchev–Trinajstić information content (AvgIpc) is 2.42. The predicted molar refractivity (Wildman–Crippen MR) is 84.7 cm³/mol. The van der Waals surface area contributed by atoms with E-state index in [2.05, 4.69) is 15.9 Å². The van der Waals surface area contributed by atoms with Crippen molar-refractivity contribution in [2.75, 3.05) is 0 Å². The Hall–Kier alpha value is -1.92. The third-order valence-electron chi connectivity index (χ3n) is 3.01. The second-order valence-corrected chi connectivity index (χ2v) is 5.66. The number of nitrogens with zero attached hydrogens (tertiary/aromatic N) is 1. The molecule has 0 aromatic heterocycles. The number of benzene rings is 2. The van der Waals surface area contributed by atoms with Gasteiger partial charge in [-0.2, -0.15) is 0 Å². The second-order valence-electron chi connectivity index (χ2n) is 4.81.